The molecule has 0 aliphatic rings. The monoisotopic (exact) mass is 431 g/mol. The summed E-state index contributed by atoms with van der Waals surface area (Å²) in [5.41, 5.74) is 0. The summed E-state index contributed by atoms with van der Waals surface area (Å²) < 4.78 is 22.0. The zero-order valence-corrected chi connectivity index (χ0v) is 20.2. The summed E-state index contributed by atoms with van der Waals surface area (Å²) in [6, 6.07) is 0. The highest BCUT2D eigenvalue weighted by molar-refractivity contribution is 5.75. The molecule has 1 amide bonds. The maximum absolute atomic E-state index is 11.8. The van der Waals surface area contributed by atoms with E-state index in [0.29, 0.717) is 52.1 Å². The van der Waals surface area contributed by atoms with Crippen LogP contribution < -0.4 is 5.32 Å². The molecule has 0 aromatic carbocycles. The number of hydrogen-bond donors (Lipinski definition) is 1. The number of nitrogens with one attached hydrogen (secondary N) is 1. The summed E-state index contributed by atoms with van der Waals surface area (Å²) >= 11 is 0. The third-order valence-electron chi connectivity index (χ3n) is 4.63. The summed E-state index contributed by atoms with van der Waals surface area (Å²) in [5.74, 6) is 0.858. The minimum absolute atomic E-state index is 0.120. The normalized spacial score (nSPS) is 11.5. The van der Waals surface area contributed by atoms with Gasteiger partial charge in [0.15, 0.2) is 0 Å². The number of amides is 1. The minimum atomic E-state index is 0.120. The third kappa shape index (κ3) is 25.3. The van der Waals surface area contributed by atoms with E-state index in [1.807, 2.05) is 0 Å². The van der Waals surface area contributed by atoms with E-state index in [2.05, 4.69) is 33.0 Å². The molecule has 0 rings (SSSR count). The van der Waals surface area contributed by atoms with Crippen molar-refractivity contribution in [3.63, 3.8) is 0 Å². The van der Waals surface area contributed by atoms with Gasteiger partial charge in [-0.1, -0.05) is 39.5 Å². The number of carbonyl (C=O) groups excluding carboxylic acids is 1. The van der Waals surface area contributed by atoms with Crippen LogP contribution >= 0.6 is 0 Å². The first-order valence-corrected chi connectivity index (χ1v) is 12.1. The van der Waals surface area contributed by atoms with Crippen molar-refractivity contribution in [2.24, 2.45) is 5.92 Å². The number of rotatable bonds is 23. The van der Waals surface area contributed by atoms with E-state index >= 15 is 0 Å². The average Bonchev–Trinajstić information content (AvgIpc) is 2.69. The van der Waals surface area contributed by atoms with Crippen molar-refractivity contribution >= 4 is 5.91 Å². The fraction of sp³-hybridized carbons (Fsp3) is 0.958. The molecule has 0 saturated heterocycles. The van der Waals surface area contributed by atoms with Crippen molar-refractivity contribution in [2.45, 2.75) is 91.6 Å². The fourth-order valence-electron chi connectivity index (χ4n) is 2.90. The first-order chi connectivity index (χ1) is 14.5. The Hall–Kier alpha value is -0.690. The van der Waals surface area contributed by atoms with Crippen LogP contribution in [0.2, 0.25) is 0 Å². The Kier molecular flexibility index (Phi) is 22.5. The lowest BCUT2D eigenvalue weighted by atomic mass is 10.1. The number of carbonyl (C=O) groups is 1. The molecule has 0 aliphatic heterocycles. The van der Waals surface area contributed by atoms with Gasteiger partial charge in [-0.3, -0.25) is 4.79 Å². The molecular weight excluding hydrogens is 382 g/mol. The summed E-state index contributed by atoms with van der Waals surface area (Å²) in [6.45, 7) is 13.7. The second-order valence-corrected chi connectivity index (χ2v) is 8.51. The molecular formula is C24H49NO5. The van der Waals surface area contributed by atoms with E-state index in [1.54, 1.807) is 0 Å². The second kappa shape index (κ2) is 23.0. The summed E-state index contributed by atoms with van der Waals surface area (Å²) in [6.07, 6.45) is 10.1. The quantitative estimate of drug-likeness (QED) is 0.237. The standard InChI is InChI=1S/C24H49NO5/c1-22(2)12-11-15-27-18-20-29-21-19-28-17-14-25-24(26)13-9-7-5-6-8-10-16-30-23(3)4/h22-23H,5-21H2,1-4H3,(H,25,26). The molecule has 180 valence electrons. The molecule has 0 fully saturated rings. The van der Waals surface area contributed by atoms with E-state index < -0.39 is 0 Å². The van der Waals surface area contributed by atoms with Crippen LogP contribution in [0, 0.1) is 5.92 Å². The predicted octanol–water partition coefficient (Wildman–Crippen LogP) is 4.74. The van der Waals surface area contributed by atoms with Crippen molar-refractivity contribution in [2.75, 3.05) is 52.8 Å². The van der Waals surface area contributed by atoms with E-state index in [4.69, 9.17) is 18.9 Å². The van der Waals surface area contributed by atoms with Gasteiger partial charge in [-0.05, 0) is 45.4 Å². The van der Waals surface area contributed by atoms with Crippen molar-refractivity contribution in [3.8, 4) is 0 Å². The Bertz CT molecular complexity index is 364. The van der Waals surface area contributed by atoms with Crippen molar-refractivity contribution in [3.05, 3.63) is 0 Å². The van der Waals surface area contributed by atoms with Crippen LogP contribution in [0.5, 0.6) is 0 Å². The molecule has 0 atom stereocenters. The van der Waals surface area contributed by atoms with Crippen molar-refractivity contribution in [1.82, 2.24) is 5.32 Å². The topological polar surface area (TPSA) is 66.0 Å². The molecule has 0 aliphatic carbocycles. The van der Waals surface area contributed by atoms with Gasteiger partial charge < -0.3 is 24.3 Å². The van der Waals surface area contributed by atoms with Gasteiger partial charge in [0, 0.05) is 26.2 Å². The molecule has 0 radical (unpaired) electrons. The maximum atomic E-state index is 11.8. The van der Waals surface area contributed by atoms with Crippen LogP contribution in [0.25, 0.3) is 0 Å². The van der Waals surface area contributed by atoms with Crippen LogP contribution in [-0.2, 0) is 23.7 Å². The van der Waals surface area contributed by atoms with E-state index in [0.717, 1.165) is 44.8 Å². The van der Waals surface area contributed by atoms with E-state index in [9.17, 15) is 4.79 Å². The van der Waals surface area contributed by atoms with Crippen LogP contribution in [0.3, 0.4) is 0 Å². The van der Waals surface area contributed by atoms with Crippen LogP contribution in [0.15, 0.2) is 0 Å². The molecule has 0 unspecified atom stereocenters. The van der Waals surface area contributed by atoms with Crippen molar-refractivity contribution < 1.29 is 23.7 Å². The highest BCUT2D eigenvalue weighted by Crippen LogP contribution is 2.07. The van der Waals surface area contributed by atoms with Gasteiger partial charge in [0.05, 0.1) is 39.1 Å². The SMILES string of the molecule is CC(C)CCCOCCOCCOCCNC(=O)CCCCCCCCOC(C)C. The highest BCUT2D eigenvalue weighted by atomic mass is 16.5. The molecule has 0 saturated carbocycles. The zero-order valence-electron chi connectivity index (χ0n) is 20.2. The largest absolute Gasteiger partial charge is 0.379 e. The van der Waals surface area contributed by atoms with Crippen LogP contribution in [0.4, 0.5) is 0 Å². The summed E-state index contributed by atoms with van der Waals surface area (Å²) in [7, 11) is 0. The molecule has 30 heavy (non-hydrogen) atoms. The first kappa shape index (κ1) is 29.3. The Labute approximate surface area is 185 Å². The lowest BCUT2D eigenvalue weighted by Crippen LogP contribution is -2.27. The van der Waals surface area contributed by atoms with Gasteiger partial charge in [0.2, 0.25) is 5.91 Å². The Balaban J connectivity index is 3.16. The molecule has 0 aromatic rings. The number of unbranched alkanes of at least 4 members (excludes halogenated alkanes) is 5. The fourth-order valence-corrected chi connectivity index (χ4v) is 2.90. The molecule has 0 heterocycles. The van der Waals surface area contributed by atoms with Crippen molar-refractivity contribution in [1.29, 1.82) is 0 Å². The van der Waals surface area contributed by atoms with Gasteiger partial charge in [-0.2, -0.15) is 0 Å². The lowest BCUT2D eigenvalue weighted by Gasteiger charge is -2.08. The van der Waals surface area contributed by atoms with Crippen LogP contribution in [-0.4, -0.2) is 64.8 Å². The first-order valence-electron chi connectivity index (χ1n) is 12.1. The number of hydrogen-bond acceptors (Lipinski definition) is 5. The van der Waals surface area contributed by atoms with E-state index in [-0.39, 0.29) is 5.91 Å². The minimum Gasteiger partial charge on any atom is -0.379 e. The molecule has 1 N–H and O–H groups in total. The van der Waals surface area contributed by atoms with Gasteiger partial charge in [-0.15, -0.1) is 0 Å². The maximum Gasteiger partial charge on any atom is 0.220 e. The Morgan fingerprint density at radius 3 is 1.87 bits per heavy atom. The number of ether oxygens (including phenoxy) is 4. The summed E-state index contributed by atoms with van der Waals surface area (Å²) in [5, 5.41) is 2.91. The summed E-state index contributed by atoms with van der Waals surface area (Å²) in [4.78, 5) is 11.8. The zero-order chi connectivity index (χ0) is 22.3. The van der Waals surface area contributed by atoms with E-state index in [1.165, 1.54) is 25.7 Å². The van der Waals surface area contributed by atoms with Gasteiger partial charge in [-0.25, -0.2) is 0 Å². The predicted molar refractivity (Wildman–Crippen MR) is 123 cm³/mol. The molecule has 0 spiro atoms. The lowest BCUT2D eigenvalue weighted by molar-refractivity contribution is -0.121. The average molecular weight is 432 g/mol. The Morgan fingerprint density at radius 1 is 0.667 bits per heavy atom. The molecule has 0 aromatic heterocycles. The van der Waals surface area contributed by atoms with Gasteiger partial charge >= 0.3 is 0 Å². The second-order valence-electron chi connectivity index (χ2n) is 8.51. The molecule has 6 nitrogen and oxygen atoms in total. The molecule has 0 bridgehead atoms. The van der Waals surface area contributed by atoms with Gasteiger partial charge in [0.1, 0.15) is 0 Å². The van der Waals surface area contributed by atoms with Crippen LogP contribution in [0.1, 0.15) is 85.5 Å². The van der Waals surface area contributed by atoms with Gasteiger partial charge in [0.25, 0.3) is 0 Å². The third-order valence-corrected chi connectivity index (χ3v) is 4.63. The molecule has 6 heteroatoms. The smallest absolute Gasteiger partial charge is 0.220 e. The highest BCUT2D eigenvalue weighted by Gasteiger charge is 2.01. The Morgan fingerprint density at radius 2 is 1.23 bits per heavy atom.